The number of aryl methyl sites for hydroxylation is 1. The van der Waals surface area contributed by atoms with E-state index in [2.05, 4.69) is 41.0 Å². The lowest BCUT2D eigenvalue weighted by atomic mass is 10.1. The number of non-ortho nitro benzene ring substituents is 1. The highest BCUT2D eigenvalue weighted by molar-refractivity contribution is 5.56. The molecular weight excluding hydrogens is 332 g/mol. The third-order valence-electron chi connectivity index (χ3n) is 4.27. The average Bonchev–Trinajstić information content (AvgIpc) is 3.11. The molecule has 7 heteroatoms. The van der Waals surface area contributed by atoms with Gasteiger partial charge in [0, 0.05) is 24.2 Å². The summed E-state index contributed by atoms with van der Waals surface area (Å²) in [5.41, 5.74) is 3.24. The summed E-state index contributed by atoms with van der Waals surface area (Å²) in [6.45, 7) is 6.39. The zero-order valence-corrected chi connectivity index (χ0v) is 14.8. The Morgan fingerprint density at radius 1 is 1.12 bits per heavy atom. The first-order valence-corrected chi connectivity index (χ1v) is 8.41. The first-order chi connectivity index (χ1) is 12.6. The zero-order valence-electron chi connectivity index (χ0n) is 14.8. The van der Waals surface area contributed by atoms with Crippen LogP contribution in [0.3, 0.4) is 0 Å². The molecular formula is C19H20N4O3. The second-order valence-corrected chi connectivity index (χ2v) is 6.05. The van der Waals surface area contributed by atoms with E-state index in [1.165, 1.54) is 23.3 Å². The fourth-order valence-electron chi connectivity index (χ4n) is 2.67. The van der Waals surface area contributed by atoms with Crippen LogP contribution in [0.25, 0.3) is 11.4 Å². The molecule has 26 heavy (non-hydrogen) atoms. The van der Waals surface area contributed by atoms with Gasteiger partial charge in [0.05, 0.1) is 11.5 Å². The van der Waals surface area contributed by atoms with Crippen molar-refractivity contribution < 1.29 is 9.45 Å². The number of hydrogen-bond acceptors (Lipinski definition) is 6. The van der Waals surface area contributed by atoms with E-state index >= 15 is 0 Å². The minimum Gasteiger partial charge on any atom is -0.338 e. The lowest BCUT2D eigenvalue weighted by molar-refractivity contribution is -0.384. The Morgan fingerprint density at radius 3 is 2.50 bits per heavy atom. The van der Waals surface area contributed by atoms with Crippen molar-refractivity contribution in [1.29, 1.82) is 0 Å². The second-order valence-electron chi connectivity index (χ2n) is 6.05. The summed E-state index contributed by atoms with van der Waals surface area (Å²) in [6, 6.07) is 14.4. The van der Waals surface area contributed by atoms with Gasteiger partial charge in [0.15, 0.2) is 0 Å². The summed E-state index contributed by atoms with van der Waals surface area (Å²) >= 11 is 0. The number of nitro benzene ring substituents is 1. The predicted octanol–water partition coefficient (Wildman–Crippen LogP) is 3.98. The lowest BCUT2D eigenvalue weighted by Crippen LogP contribution is -2.22. The number of benzene rings is 2. The third kappa shape index (κ3) is 4.12. The van der Waals surface area contributed by atoms with Crippen LogP contribution in [0.4, 0.5) is 5.69 Å². The van der Waals surface area contributed by atoms with Crippen molar-refractivity contribution in [2.45, 2.75) is 26.9 Å². The van der Waals surface area contributed by atoms with Gasteiger partial charge in [-0.2, -0.15) is 4.98 Å². The lowest BCUT2D eigenvalue weighted by Gasteiger charge is -2.19. The quantitative estimate of drug-likeness (QED) is 0.472. The van der Waals surface area contributed by atoms with Gasteiger partial charge < -0.3 is 4.52 Å². The Morgan fingerprint density at radius 2 is 1.85 bits per heavy atom. The van der Waals surface area contributed by atoms with Gasteiger partial charge in [0.25, 0.3) is 5.69 Å². The van der Waals surface area contributed by atoms with Crippen LogP contribution in [0, 0.1) is 17.0 Å². The van der Waals surface area contributed by atoms with Crippen LogP contribution in [0.1, 0.15) is 23.9 Å². The van der Waals surface area contributed by atoms with E-state index < -0.39 is 4.92 Å². The molecule has 1 aromatic heterocycles. The number of aromatic nitrogens is 2. The molecule has 0 spiro atoms. The molecule has 0 radical (unpaired) electrons. The van der Waals surface area contributed by atoms with E-state index in [1.54, 1.807) is 12.1 Å². The normalized spacial score (nSPS) is 11.0. The summed E-state index contributed by atoms with van der Waals surface area (Å²) in [5, 5.41) is 14.7. The summed E-state index contributed by atoms with van der Waals surface area (Å²) in [4.78, 5) is 16.9. The molecule has 0 saturated heterocycles. The molecule has 0 unspecified atom stereocenters. The van der Waals surface area contributed by atoms with Crippen molar-refractivity contribution in [2.24, 2.45) is 0 Å². The Bertz CT molecular complexity index is 890. The molecule has 3 aromatic rings. The van der Waals surface area contributed by atoms with E-state index in [-0.39, 0.29) is 5.69 Å². The van der Waals surface area contributed by atoms with Gasteiger partial charge in [-0.25, -0.2) is 0 Å². The molecule has 1 heterocycles. The van der Waals surface area contributed by atoms with E-state index in [9.17, 15) is 10.1 Å². The monoisotopic (exact) mass is 352 g/mol. The van der Waals surface area contributed by atoms with Crippen LogP contribution in [0.15, 0.2) is 53.1 Å². The molecule has 134 valence electrons. The highest BCUT2D eigenvalue weighted by Gasteiger charge is 2.14. The standard InChI is InChI=1S/C19H20N4O3/c1-3-22(12-16-7-5-4-6-14(16)2)13-18-20-19(21-26-18)15-8-10-17(11-9-15)23(24)25/h4-11H,3,12-13H2,1-2H3. The van der Waals surface area contributed by atoms with Crippen molar-refractivity contribution in [3.63, 3.8) is 0 Å². The molecule has 2 aromatic carbocycles. The van der Waals surface area contributed by atoms with Crippen molar-refractivity contribution in [2.75, 3.05) is 6.54 Å². The number of nitrogens with zero attached hydrogens (tertiary/aromatic N) is 4. The maximum atomic E-state index is 10.7. The minimum atomic E-state index is -0.434. The van der Waals surface area contributed by atoms with Crippen LogP contribution in [0.5, 0.6) is 0 Å². The zero-order chi connectivity index (χ0) is 18.5. The topological polar surface area (TPSA) is 85.3 Å². The van der Waals surface area contributed by atoms with Gasteiger partial charge in [-0.05, 0) is 36.7 Å². The summed E-state index contributed by atoms with van der Waals surface area (Å²) in [7, 11) is 0. The number of rotatable bonds is 7. The summed E-state index contributed by atoms with van der Waals surface area (Å²) in [5.74, 6) is 0.954. The molecule has 0 amide bonds. The first-order valence-electron chi connectivity index (χ1n) is 8.41. The smallest absolute Gasteiger partial charge is 0.269 e. The molecule has 0 N–H and O–H groups in total. The Hall–Kier alpha value is -3.06. The molecule has 0 fully saturated rings. The van der Waals surface area contributed by atoms with Crippen molar-refractivity contribution in [3.8, 4) is 11.4 Å². The maximum Gasteiger partial charge on any atom is 0.269 e. The fraction of sp³-hybridized carbons (Fsp3) is 0.263. The second kappa shape index (κ2) is 7.88. The molecule has 0 atom stereocenters. The van der Waals surface area contributed by atoms with E-state index in [4.69, 9.17) is 4.52 Å². The molecule has 0 aliphatic rings. The summed E-state index contributed by atoms with van der Waals surface area (Å²) in [6.07, 6.45) is 0. The molecule has 3 rings (SSSR count). The molecule has 0 bridgehead atoms. The van der Waals surface area contributed by atoms with Gasteiger partial charge in [0.2, 0.25) is 11.7 Å². The third-order valence-corrected chi connectivity index (χ3v) is 4.27. The average molecular weight is 352 g/mol. The summed E-state index contributed by atoms with van der Waals surface area (Å²) < 4.78 is 5.36. The molecule has 0 aliphatic heterocycles. The van der Waals surface area contributed by atoms with Gasteiger partial charge in [0.1, 0.15) is 0 Å². The predicted molar refractivity (Wildman–Crippen MR) is 97.4 cm³/mol. The van der Waals surface area contributed by atoms with Crippen LogP contribution < -0.4 is 0 Å². The van der Waals surface area contributed by atoms with Crippen LogP contribution >= 0.6 is 0 Å². The van der Waals surface area contributed by atoms with Gasteiger partial charge in [-0.1, -0.05) is 36.3 Å². The largest absolute Gasteiger partial charge is 0.338 e. The highest BCUT2D eigenvalue weighted by Crippen LogP contribution is 2.20. The first kappa shape index (κ1) is 17.8. The van der Waals surface area contributed by atoms with Crippen molar-refractivity contribution in [3.05, 3.63) is 75.7 Å². The van der Waals surface area contributed by atoms with E-state index in [0.29, 0.717) is 23.8 Å². The van der Waals surface area contributed by atoms with Gasteiger partial charge in [-0.15, -0.1) is 0 Å². The fourth-order valence-corrected chi connectivity index (χ4v) is 2.67. The number of hydrogen-bond donors (Lipinski definition) is 0. The SMILES string of the molecule is CCN(Cc1nc(-c2ccc([N+](=O)[O-])cc2)no1)Cc1ccccc1C. The van der Waals surface area contributed by atoms with E-state index in [1.807, 2.05) is 12.1 Å². The van der Waals surface area contributed by atoms with E-state index in [0.717, 1.165) is 13.1 Å². The van der Waals surface area contributed by atoms with Crippen LogP contribution in [-0.2, 0) is 13.1 Å². The molecule has 0 aliphatic carbocycles. The minimum absolute atomic E-state index is 0.0351. The Kier molecular flexibility index (Phi) is 5.38. The van der Waals surface area contributed by atoms with Gasteiger partial charge >= 0.3 is 0 Å². The maximum absolute atomic E-state index is 10.7. The number of nitro groups is 1. The van der Waals surface area contributed by atoms with Crippen molar-refractivity contribution >= 4 is 5.69 Å². The van der Waals surface area contributed by atoms with Gasteiger partial charge in [-0.3, -0.25) is 15.0 Å². The Labute approximate surface area is 151 Å². The van der Waals surface area contributed by atoms with Crippen LogP contribution in [0.2, 0.25) is 0 Å². The Balaban J connectivity index is 1.70. The van der Waals surface area contributed by atoms with Crippen molar-refractivity contribution in [1.82, 2.24) is 15.0 Å². The highest BCUT2D eigenvalue weighted by atomic mass is 16.6. The van der Waals surface area contributed by atoms with Crippen LogP contribution in [-0.4, -0.2) is 26.5 Å². The molecule has 7 nitrogen and oxygen atoms in total. The molecule has 0 saturated carbocycles.